The Morgan fingerprint density at radius 2 is 2.09 bits per heavy atom. The number of nitrogens with zero attached hydrogens (tertiary/aromatic N) is 1. The van der Waals surface area contributed by atoms with E-state index in [2.05, 4.69) is 0 Å². The molecule has 0 aromatic carbocycles. The van der Waals surface area contributed by atoms with E-state index in [1.54, 1.807) is 14.1 Å². The van der Waals surface area contributed by atoms with Gasteiger partial charge in [0.15, 0.2) is 8.03 Å². The molecular formula is C6H14NO3P. The smallest absolute Gasteiger partial charge is 0.222 e. The Kier molecular flexibility index (Phi) is 5.16. The second-order valence-corrected chi connectivity index (χ2v) is 3.82. The van der Waals surface area contributed by atoms with Crippen LogP contribution in [0.25, 0.3) is 0 Å². The van der Waals surface area contributed by atoms with Gasteiger partial charge in [-0.1, -0.05) is 0 Å². The van der Waals surface area contributed by atoms with Crippen molar-refractivity contribution in [2.75, 3.05) is 20.3 Å². The van der Waals surface area contributed by atoms with Crippen LogP contribution in [0.2, 0.25) is 0 Å². The first-order valence-corrected chi connectivity index (χ1v) is 5.02. The van der Waals surface area contributed by atoms with Crippen molar-refractivity contribution in [2.24, 2.45) is 0 Å². The van der Waals surface area contributed by atoms with Crippen molar-refractivity contribution in [3.05, 3.63) is 0 Å². The number of amides is 1. The van der Waals surface area contributed by atoms with Crippen LogP contribution < -0.4 is 0 Å². The van der Waals surface area contributed by atoms with Crippen molar-refractivity contribution in [1.82, 2.24) is 4.90 Å². The van der Waals surface area contributed by atoms with E-state index < -0.39 is 8.03 Å². The molecule has 0 aliphatic heterocycles. The lowest BCUT2D eigenvalue weighted by atomic mass is 10.3. The average Bonchev–Trinajstić information content (AvgIpc) is 1.86. The monoisotopic (exact) mass is 179 g/mol. The third-order valence-electron chi connectivity index (χ3n) is 1.28. The van der Waals surface area contributed by atoms with Gasteiger partial charge in [0.25, 0.3) is 0 Å². The Balaban J connectivity index is 3.39. The molecule has 0 aromatic rings. The van der Waals surface area contributed by atoms with Crippen molar-refractivity contribution < 1.29 is 14.3 Å². The zero-order valence-corrected chi connectivity index (χ0v) is 7.83. The molecule has 4 nitrogen and oxygen atoms in total. The van der Waals surface area contributed by atoms with E-state index in [9.17, 15) is 9.36 Å². The van der Waals surface area contributed by atoms with Crippen molar-refractivity contribution >= 4 is 13.9 Å². The molecule has 0 aliphatic rings. The van der Waals surface area contributed by atoms with Crippen LogP contribution in [0, 0.1) is 0 Å². The van der Waals surface area contributed by atoms with E-state index >= 15 is 0 Å². The Bertz CT molecular complexity index is 158. The highest BCUT2D eigenvalue weighted by atomic mass is 31.1. The number of hydrogen-bond acceptors (Lipinski definition) is 2. The average molecular weight is 179 g/mol. The lowest BCUT2D eigenvalue weighted by molar-refractivity contribution is -0.128. The van der Waals surface area contributed by atoms with Gasteiger partial charge in [-0.15, -0.1) is 0 Å². The van der Waals surface area contributed by atoms with Crippen LogP contribution in [0.5, 0.6) is 0 Å². The maximum Gasteiger partial charge on any atom is 0.222 e. The Morgan fingerprint density at radius 3 is 2.45 bits per heavy atom. The summed E-state index contributed by atoms with van der Waals surface area (Å²) in [4.78, 5) is 20.8. The third-order valence-corrected chi connectivity index (χ3v) is 2.06. The fourth-order valence-corrected chi connectivity index (χ4v) is 1.09. The van der Waals surface area contributed by atoms with Gasteiger partial charge in [0.1, 0.15) is 0 Å². The van der Waals surface area contributed by atoms with E-state index in [1.165, 1.54) is 4.90 Å². The predicted molar refractivity (Wildman–Crippen MR) is 44.0 cm³/mol. The van der Waals surface area contributed by atoms with Crippen molar-refractivity contribution in [2.45, 2.75) is 12.8 Å². The van der Waals surface area contributed by atoms with Crippen molar-refractivity contribution in [3.8, 4) is 0 Å². The molecular weight excluding hydrogens is 165 g/mol. The minimum Gasteiger partial charge on any atom is -0.349 e. The predicted octanol–water partition coefficient (Wildman–Crippen LogP) is 0.322. The number of carbonyl (C=O) groups excluding carboxylic acids is 1. The van der Waals surface area contributed by atoms with Gasteiger partial charge in [-0.2, -0.15) is 0 Å². The zero-order valence-electron chi connectivity index (χ0n) is 6.83. The van der Waals surface area contributed by atoms with Gasteiger partial charge in [0, 0.05) is 26.7 Å². The largest absolute Gasteiger partial charge is 0.349 e. The molecule has 0 spiro atoms. The minimum atomic E-state index is -2.38. The molecule has 0 rings (SSSR count). The summed E-state index contributed by atoms with van der Waals surface area (Å²) in [6, 6.07) is 0. The molecule has 0 radical (unpaired) electrons. The molecule has 1 amide bonds. The maximum absolute atomic E-state index is 10.9. The summed E-state index contributed by atoms with van der Waals surface area (Å²) < 4.78 is 10.2. The van der Waals surface area contributed by atoms with Crippen molar-refractivity contribution in [3.63, 3.8) is 0 Å². The van der Waals surface area contributed by atoms with Gasteiger partial charge in [-0.05, 0) is 6.42 Å². The fraction of sp³-hybridized carbons (Fsp3) is 0.833. The Hall–Kier alpha value is -0.340. The van der Waals surface area contributed by atoms with Crippen molar-refractivity contribution in [1.29, 1.82) is 0 Å². The second kappa shape index (κ2) is 5.33. The number of hydrogen-bond donors (Lipinski definition) is 1. The lowest BCUT2D eigenvalue weighted by Crippen LogP contribution is -2.21. The topological polar surface area (TPSA) is 57.6 Å². The van der Waals surface area contributed by atoms with Gasteiger partial charge >= 0.3 is 0 Å². The molecule has 0 bridgehead atoms. The van der Waals surface area contributed by atoms with Gasteiger partial charge in [-0.25, -0.2) is 0 Å². The molecule has 66 valence electrons. The first-order chi connectivity index (χ1) is 5.04. The van der Waals surface area contributed by atoms with Crippen LogP contribution >= 0.6 is 8.03 Å². The maximum atomic E-state index is 10.9. The number of rotatable bonds is 4. The van der Waals surface area contributed by atoms with E-state index in [0.29, 0.717) is 12.8 Å². The summed E-state index contributed by atoms with van der Waals surface area (Å²) in [6.45, 7) is 0. The number of carbonyl (C=O) groups is 1. The normalized spacial score (nSPS) is 12.6. The second-order valence-electron chi connectivity index (χ2n) is 2.54. The van der Waals surface area contributed by atoms with E-state index in [-0.39, 0.29) is 12.1 Å². The quantitative estimate of drug-likeness (QED) is 0.632. The van der Waals surface area contributed by atoms with Gasteiger partial charge < -0.3 is 9.79 Å². The van der Waals surface area contributed by atoms with Crippen LogP contribution in [0.15, 0.2) is 0 Å². The molecule has 1 unspecified atom stereocenters. The van der Waals surface area contributed by atoms with Crippen LogP contribution in [-0.4, -0.2) is 36.0 Å². The highest BCUT2D eigenvalue weighted by Crippen LogP contribution is 2.14. The first-order valence-electron chi connectivity index (χ1n) is 3.46. The molecule has 0 heterocycles. The van der Waals surface area contributed by atoms with E-state index in [1.807, 2.05) is 0 Å². The molecule has 11 heavy (non-hydrogen) atoms. The first kappa shape index (κ1) is 10.7. The van der Waals surface area contributed by atoms with Crippen LogP contribution in [0.1, 0.15) is 12.8 Å². The Labute approximate surface area is 67.1 Å². The lowest BCUT2D eigenvalue weighted by Gasteiger charge is -2.08. The Morgan fingerprint density at radius 1 is 1.55 bits per heavy atom. The summed E-state index contributed by atoms with van der Waals surface area (Å²) in [5, 5.41) is 0. The molecule has 0 saturated heterocycles. The molecule has 5 heteroatoms. The third kappa shape index (κ3) is 6.07. The minimum absolute atomic E-state index is 0.00764. The molecule has 0 aliphatic carbocycles. The molecule has 0 fully saturated rings. The molecule has 1 atom stereocenters. The van der Waals surface area contributed by atoms with Gasteiger partial charge in [0.2, 0.25) is 5.91 Å². The summed E-state index contributed by atoms with van der Waals surface area (Å²) >= 11 is 0. The molecule has 0 saturated carbocycles. The standard InChI is InChI=1S/C6H14NO3P/c1-7(2)6(8)4-3-5-11(9)10/h11H,3-5H2,1-2H3,(H,9,10). The van der Waals surface area contributed by atoms with E-state index in [0.717, 1.165) is 0 Å². The van der Waals surface area contributed by atoms with E-state index in [4.69, 9.17) is 4.89 Å². The van der Waals surface area contributed by atoms with Crippen LogP contribution in [0.4, 0.5) is 0 Å². The summed E-state index contributed by atoms with van der Waals surface area (Å²) in [6.07, 6.45) is 1.12. The van der Waals surface area contributed by atoms with Gasteiger partial charge in [-0.3, -0.25) is 9.36 Å². The fourth-order valence-electron chi connectivity index (χ4n) is 0.614. The summed E-state index contributed by atoms with van der Waals surface area (Å²) in [7, 11) is 0.966. The van der Waals surface area contributed by atoms with Gasteiger partial charge in [0.05, 0.1) is 0 Å². The summed E-state index contributed by atoms with van der Waals surface area (Å²) in [5.74, 6) is 0.00764. The molecule has 0 aromatic heterocycles. The van der Waals surface area contributed by atoms with Crippen LogP contribution in [-0.2, 0) is 9.36 Å². The molecule has 1 N–H and O–H groups in total. The van der Waals surface area contributed by atoms with Crippen LogP contribution in [0.3, 0.4) is 0 Å². The highest BCUT2D eigenvalue weighted by Gasteiger charge is 2.03. The highest BCUT2D eigenvalue weighted by molar-refractivity contribution is 7.37. The zero-order chi connectivity index (χ0) is 8.85. The SMILES string of the molecule is CN(C)C(=O)CCC[PH](=O)O. The summed E-state index contributed by atoms with van der Waals surface area (Å²) in [5.41, 5.74) is 0.